The Morgan fingerprint density at radius 1 is 0.623 bits per heavy atom. The van der Waals surface area contributed by atoms with Gasteiger partial charge in [-0.05, 0) is 111 Å². The Hall–Kier alpha value is -7.38. The fraction of sp³-hybridized carbons (Fsp3) is 0.102. The van der Waals surface area contributed by atoms with Gasteiger partial charge in [0.15, 0.2) is 0 Å². The second-order valence-corrected chi connectivity index (χ2v) is 16.5. The van der Waals surface area contributed by atoms with Crippen molar-refractivity contribution in [1.82, 2.24) is 0 Å². The molecule has 0 fully saturated rings. The van der Waals surface area contributed by atoms with Crippen molar-refractivity contribution in [3.8, 4) is 22.3 Å². The first-order valence-corrected chi connectivity index (χ1v) is 21.5. The molecule has 7 aromatic carbocycles. The second-order valence-electron chi connectivity index (χ2n) is 16.5. The van der Waals surface area contributed by atoms with E-state index in [0.717, 1.165) is 35.3 Å². The normalized spacial score (nSPS) is 18.1. The highest BCUT2D eigenvalue weighted by atomic mass is 16.3. The molecule has 3 aliphatic rings. The van der Waals surface area contributed by atoms with Gasteiger partial charge in [0.2, 0.25) is 0 Å². The largest absolute Gasteiger partial charge is 0.460 e. The maximum atomic E-state index is 6.68. The van der Waals surface area contributed by atoms with Gasteiger partial charge in [-0.1, -0.05) is 177 Å². The van der Waals surface area contributed by atoms with Crippen LogP contribution in [0.5, 0.6) is 0 Å². The monoisotopic (exact) mass is 783 g/mol. The van der Waals surface area contributed by atoms with E-state index < -0.39 is 0 Å². The smallest absolute Gasteiger partial charge is 0.135 e. The number of hydrogen-bond donors (Lipinski definition) is 0. The molecule has 1 heterocycles. The number of allylic oxidation sites excluding steroid dienone is 6. The number of anilines is 1. The molecule has 2 unspecified atom stereocenters. The van der Waals surface area contributed by atoms with E-state index in [-0.39, 0.29) is 12.0 Å². The minimum Gasteiger partial charge on any atom is -0.460 e. The Morgan fingerprint density at radius 3 is 2.16 bits per heavy atom. The summed E-state index contributed by atoms with van der Waals surface area (Å²) in [6, 6.07) is 61.2. The van der Waals surface area contributed by atoms with Gasteiger partial charge in [-0.3, -0.25) is 0 Å². The summed E-state index contributed by atoms with van der Waals surface area (Å²) in [5.74, 6) is 1.57. The molecule has 61 heavy (non-hydrogen) atoms. The zero-order chi connectivity index (χ0) is 40.7. The van der Waals surface area contributed by atoms with E-state index in [1.165, 1.54) is 72.1 Å². The predicted octanol–water partition coefficient (Wildman–Crippen LogP) is 15.5. The number of hydrogen-bond acceptors (Lipinski definition) is 2. The predicted molar refractivity (Wildman–Crippen MR) is 256 cm³/mol. The molecule has 0 saturated heterocycles. The second kappa shape index (κ2) is 15.7. The lowest BCUT2D eigenvalue weighted by Crippen LogP contribution is -2.35. The van der Waals surface area contributed by atoms with Crippen LogP contribution in [-0.4, -0.2) is 6.04 Å². The standard InChI is InChI=1S/C59H45NO/c1-40-37-46(41-15-4-2-5-16-41)33-36-56(40)60(50-24-11-23-48(39-50)52-26-12-20-43-19-8-9-25-51(43)52)49-34-31-42(32-35-49)45-21-10-22-47(38-45)53-27-14-30-57-58(53)55-29-13-28-54(59(55)61-57)44-17-6-3-7-18-44/h2-27,29-31,33-36,38-40,49,54H,28,37H2,1H3/t40?,49?,54-/m0/s1. The molecule has 2 nitrogen and oxygen atoms in total. The quantitative estimate of drug-likeness (QED) is 0.143. The fourth-order valence-electron chi connectivity index (χ4n) is 9.76. The van der Waals surface area contributed by atoms with Gasteiger partial charge in [-0.25, -0.2) is 0 Å². The van der Waals surface area contributed by atoms with Crippen LogP contribution in [-0.2, 0) is 0 Å². The Morgan fingerprint density at radius 2 is 1.33 bits per heavy atom. The first-order chi connectivity index (χ1) is 30.2. The van der Waals surface area contributed by atoms with Crippen LogP contribution in [0.1, 0.15) is 53.7 Å². The molecule has 3 atom stereocenters. The van der Waals surface area contributed by atoms with Gasteiger partial charge in [0, 0.05) is 39.7 Å². The number of benzene rings is 7. The van der Waals surface area contributed by atoms with Crippen molar-refractivity contribution >= 4 is 44.7 Å². The molecule has 11 rings (SSSR count). The molecule has 0 spiro atoms. The van der Waals surface area contributed by atoms with Gasteiger partial charge in [0.1, 0.15) is 11.3 Å². The van der Waals surface area contributed by atoms with E-state index in [1.54, 1.807) is 0 Å². The van der Waals surface area contributed by atoms with E-state index >= 15 is 0 Å². The average molecular weight is 784 g/mol. The summed E-state index contributed by atoms with van der Waals surface area (Å²) in [6.07, 6.45) is 18.0. The first-order valence-electron chi connectivity index (χ1n) is 21.5. The summed E-state index contributed by atoms with van der Waals surface area (Å²) >= 11 is 0. The van der Waals surface area contributed by atoms with Crippen LogP contribution >= 0.6 is 0 Å². The maximum Gasteiger partial charge on any atom is 0.135 e. The molecule has 0 aliphatic heterocycles. The van der Waals surface area contributed by atoms with E-state index in [0.29, 0.717) is 5.92 Å². The van der Waals surface area contributed by atoms with Crippen LogP contribution in [0.25, 0.3) is 61.2 Å². The molecule has 0 radical (unpaired) electrons. The topological polar surface area (TPSA) is 16.4 Å². The molecule has 0 saturated carbocycles. The van der Waals surface area contributed by atoms with Crippen LogP contribution in [0.3, 0.4) is 0 Å². The molecule has 2 heteroatoms. The van der Waals surface area contributed by atoms with Crippen molar-refractivity contribution in [1.29, 1.82) is 0 Å². The zero-order valence-electron chi connectivity index (χ0n) is 34.2. The SMILES string of the molecule is CC1CC(c2ccccc2)=CC=C1N(c1cccc(-c2cccc3ccccc23)c1)C1C=C=C(c2cccc(-c3cccc4oc5c(c34)C=CC[C@H]5c3ccccc3)c2)C=C1. The lowest BCUT2D eigenvalue weighted by molar-refractivity contribution is 0.517. The van der Waals surface area contributed by atoms with Gasteiger partial charge >= 0.3 is 0 Å². The Balaban J connectivity index is 0.970. The fourth-order valence-corrected chi connectivity index (χ4v) is 9.76. The summed E-state index contributed by atoms with van der Waals surface area (Å²) in [5, 5.41) is 3.69. The molecule has 0 amide bonds. The number of rotatable bonds is 8. The van der Waals surface area contributed by atoms with Crippen molar-refractivity contribution in [2.75, 3.05) is 4.90 Å². The van der Waals surface area contributed by atoms with Crippen molar-refractivity contribution in [3.63, 3.8) is 0 Å². The maximum absolute atomic E-state index is 6.68. The number of fused-ring (bicyclic) bond motifs is 4. The molecular weight excluding hydrogens is 739 g/mol. The molecular formula is C59H45NO. The van der Waals surface area contributed by atoms with Gasteiger partial charge < -0.3 is 9.32 Å². The third-order valence-electron chi connectivity index (χ3n) is 12.7. The highest BCUT2D eigenvalue weighted by Gasteiger charge is 2.29. The number of nitrogens with zero attached hydrogens (tertiary/aromatic N) is 1. The molecule has 0 N–H and O–H groups in total. The van der Waals surface area contributed by atoms with Crippen LogP contribution in [0.4, 0.5) is 5.69 Å². The number of furan rings is 1. The lowest BCUT2D eigenvalue weighted by Gasteiger charge is -2.37. The van der Waals surface area contributed by atoms with Crippen molar-refractivity contribution in [2.45, 2.75) is 31.7 Å². The Bertz CT molecular complexity index is 3140. The first kappa shape index (κ1) is 36.7. The van der Waals surface area contributed by atoms with E-state index in [2.05, 4.69) is 230 Å². The summed E-state index contributed by atoms with van der Waals surface area (Å²) in [6.45, 7) is 2.36. The van der Waals surface area contributed by atoms with E-state index in [4.69, 9.17) is 4.42 Å². The minimum atomic E-state index is -0.0226. The average Bonchev–Trinajstić information content (AvgIpc) is 3.72. The summed E-state index contributed by atoms with van der Waals surface area (Å²) in [4.78, 5) is 2.52. The van der Waals surface area contributed by atoms with Crippen LogP contribution < -0.4 is 4.90 Å². The minimum absolute atomic E-state index is 0.0226. The lowest BCUT2D eigenvalue weighted by atomic mass is 9.85. The third kappa shape index (κ3) is 6.82. The zero-order valence-corrected chi connectivity index (χ0v) is 34.2. The molecule has 1 aromatic heterocycles. The summed E-state index contributed by atoms with van der Waals surface area (Å²) < 4.78 is 6.68. The van der Waals surface area contributed by atoms with Crippen LogP contribution in [0.2, 0.25) is 0 Å². The molecule has 0 bridgehead atoms. The van der Waals surface area contributed by atoms with Crippen molar-refractivity contribution in [3.05, 3.63) is 246 Å². The van der Waals surface area contributed by atoms with E-state index in [1.807, 2.05) is 0 Å². The van der Waals surface area contributed by atoms with Crippen molar-refractivity contribution < 1.29 is 4.42 Å². The van der Waals surface area contributed by atoms with Gasteiger partial charge in [0.25, 0.3) is 0 Å². The highest BCUT2D eigenvalue weighted by molar-refractivity contribution is 6.02. The van der Waals surface area contributed by atoms with Crippen LogP contribution in [0, 0.1) is 5.92 Å². The molecule has 3 aliphatic carbocycles. The van der Waals surface area contributed by atoms with Crippen LogP contribution in [0.15, 0.2) is 222 Å². The molecule has 8 aromatic rings. The summed E-state index contributed by atoms with van der Waals surface area (Å²) in [5.41, 5.74) is 19.3. The van der Waals surface area contributed by atoms with Gasteiger partial charge in [-0.15, -0.1) is 5.73 Å². The van der Waals surface area contributed by atoms with Gasteiger partial charge in [0.05, 0.1) is 6.04 Å². The Kier molecular flexibility index (Phi) is 9.42. The van der Waals surface area contributed by atoms with Crippen molar-refractivity contribution in [2.24, 2.45) is 5.92 Å². The van der Waals surface area contributed by atoms with E-state index in [9.17, 15) is 0 Å². The third-order valence-corrected chi connectivity index (χ3v) is 12.7. The van der Waals surface area contributed by atoms with Gasteiger partial charge in [-0.2, -0.15) is 0 Å². The Labute approximate surface area is 358 Å². The highest BCUT2D eigenvalue weighted by Crippen LogP contribution is 2.45. The summed E-state index contributed by atoms with van der Waals surface area (Å²) in [7, 11) is 0. The molecule has 292 valence electrons.